The third-order valence-electron chi connectivity index (χ3n) is 3.67. The maximum atomic E-state index is 12.6. The summed E-state index contributed by atoms with van der Waals surface area (Å²) in [6, 6.07) is 18.9. The van der Waals surface area contributed by atoms with Gasteiger partial charge in [0.1, 0.15) is 11.4 Å². The van der Waals surface area contributed by atoms with Gasteiger partial charge in [-0.15, -0.1) is 0 Å². The van der Waals surface area contributed by atoms with Crippen molar-refractivity contribution in [2.75, 3.05) is 17.7 Å². The third-order valence-corrected chi connectivity index (χ3v) is 3.67. The summed E-state index contributed by atoms with van der Waals surface area (Å²) < 4.78 is 5.10. The predicted molar refractivity (Wildman–Crippen MR) is 99.6 cm³/mol. The van der Waals surface area contributed by atoms with Crippen LogP contribution in [0, 0.1) is 0 Å². The fourth-order valence-electron chi connectivity index (χ4n) is 2.35. The molecule has 26 heavy (non-hydrogen) atoms. The van der Waals surface area contributed by atoms with E-state index in [0.29, 0.717) is 22.7 Å². The van der Waals surface area contributed by atoms with Crippen LogP contribution in [0.1, 0.15) is 20.8 Å². The van der Waals surface area contributed by atoms with E-state index in [2.05, 4.69) is 15.6 Å². The number of hydrogen-bond donors (Lipinski definition) is 2. The molecule has 0 spiro atoms. The summed E-state index contributed by atoms with van der Waals surface area (Å²) in [5.41, 5.74) is 1.67. The Kier molecular flexibility index (Phi) is 5.24. The fourth-order valence-corrected chi connectivity index (χ4v) is 2.35. The number of aromatic nitrogens is 1. The van der Waals surface area contributed by atoms with Gasteiger partial charge in [-0.3, -0.25) is 14.6 Å². The number of carbonyl (C=O) groups excluding carboxylic acids is 2. The van der Waals surface area contributed by atoms with E-state index in [9.17, 15) is 9.59 Å². The minimum absolute atomic E-state index is 0.276. The number of ether oxygens (including phenoxy) is 1. The highest BCUT2D eigenvalue weighted by Gasteiger charge is 2.14. The zero-order valence-corrected chi connectivity index (χ0v) is 14.1. The molecule has 0 fully saturated rings. The molecule has 0 bridgehead atoms. The molecule has 2 aromatic carbocycles. The van der Waals surface area contributed by atoms with Gasteiger partial charge in [-0.05, 0) is 48.5 Å². The van der Waals surface area contributed by atoms with Crippen LogP contribution in [-0.2, 0) is 0 Å². The van der Waals surface area contributed by atoms with Gasteiger partial charge in [-0.2, -0.15) is 0 Å². The molecular formula is C20H17N3O3. The molecule has 3 rings (SSSR count). The monoisotopic (exact) mass is 347 g/mol. The molecule has 0 saturated heterocycles. The maximum absolute atomic E-state index is 12.6. The van der Waals surface area contributed by atoms with E-state index in [1.54, 1.807) is 73.8 Å². The van der Waals surface area contributed by atoms with Crippen molar-refractivity contribution in [3.05, 3.63) is 84.2 Å². The van der Waals surface area contributed by atoms with Crippen LogP contribution in [0.4, 0.5) is 11.4 Å². The lowest BCUT2D eigenvalue weighted by Crippen LogP contribution is -2.18. The number of carbonyl (C=O) groups is 2. The van der Waals surface area contributed by atoms with Gasteiger partial charge < -0.3 is 15.4 Å². The summed E-state index contributed by atoms with van der Waals surface area (Å²) in [5, 5.41) is 5.53. The van der Waals surface area contributed by atoms with E-state index < -0.39 is 0 Å². The van der Waals surface area contributed by atoms with Crippen LogP contribution in [0.2, 0.25) is 0 Å². The van der Waals surface area contributed by atoms with Crippen LogP contribution < -0.4 is 15.4 Å². The van der Waals surface area contributed by atoms with Gasteiger partial charge in [0, 0.05) is 11.9 Å². The lowest BCUT2D eigenvalue weighted by Gasteiger charge is -2.11. The van der Waals surface area contributed by atoms with Gasteiger partial charge in [0.25, 0.3) is 11.8 Å². The molecule has 0 atom stereocenters. The van der Waals surface area contributed by atoms with E-state index >= 15 is 0 Å². The van der Waals surface area contributed by atoms with E-state index in [1.165, 1.54) is 6.20 Å². The Balaban J connectivity index is 1.77. The first-order valence-electron chi connectivity index (χ1n) is 7.94. The quantitative estimate of drug-likeness (QED) is 0.739. The topological polar surface area (TPSA) is 80.3 Å². The second-order valence-corrected chi connectivity index (χ2v) is 5.40. The molecule has 3 aromatic rings. The highest BCUT2D eigenvalue weighted by atomic mass is 16.5. The Morgan fingerprint density at radius 2 is 1.58 bits per heavy atom. The molecule has 1 aromatic heterocycles. The molecule has 0 unspecified atom stereocenters. The number of amides is 2. The van der Waals surface area contributed by atoms with Crippen molar-refractivity contribution in [1.29, 1.82) is 0 Å². The number of anilines is 2. The molecule has 2 amide bonds. The molecule has 0 aliphatic carbocycles. The summed E-state index contributed by atoms with van der Waals surface area (Å²) in [6.45, 7) is 0. The second kappa shape index (κ2) is 7.94. The zero-order valence-electron chi connectivity index (χ0n) is 14.1. The van der Waals surface area contributed by atoms with Crippen LogP contribution >= 0.6 is 0 Å². The molecule has 0 saturated carbocycles. The van der Waals surface area contributed by atoms with Crippen molar-refractivity contribution in [3.63, 3.8) is 0 Å². The third kappa shape index (κ3) is 4.05. The number of hydrogen-bond acceptors (Lipinski definition) is 4. The Hall–Kier alpha value is -3.67. The number of nitrogens with one attached hydrogen (secondary N) is 2. The zero-order chi connectivity index (χ0) is 18.4. The van der Waals surface area contributed by atoms with Crippen LogP contribution in [0.5, 0.6) is 5.75 Å². The van der Waals surface area contributed by atoms with Crippen molar-refractivity contribution in [1.82, 2.24) is 4.98 Å². The lowest BCUT2D eigenvalue weighted by molar-refractivity contribution is 0.102. The minimum atomic E-state index is -0.379. The summed E-state index contributed by atoms with van der Waals surface area (Å²) in [6.07, 6.45) is 1.54. The van der Waals surface area contributed by atoms with Crippen LogP contribution in [0.15, 0.2) is 72.9 Å². The van der Waals surface area contributed by atoms with Crippen LogP contribution in [0.3, 0.4) is 0 Å². The SMILES string of the molecule is COc1ccc(NC(=O)c2ccccc2NC(=O)c2ccccn2)cc1. The predicted octanol–water partition coefficient (Wildman–Crippen LogP) is 3.59. The highest BCUT2D eigenvalue weighted by Crippen LogP contribution is 2.20. The van der Waals surface area contributed by atoms with Gasteiger partial charge in [0.15, 0.2) is 0 Å². The van der Waals surface area contributed by atoms with E-state index in [4.69, 9.17) is 4.74 Å². The molecule has 2 N–H and O–H groups in total. The Bertz CT molecular complexity index is 909. The molecule has 6 nitrogen and oxygen atoms in total. The number of pyridine rings is 1. The number of nitrogens with zero attached hydrogens (tertiary/aromatic N) is 1. The molecule has 0 aliphatic heterocycles. The summed E-state index contributed by atoms with van der Waals surface area (Å²) in [4.78, 5) is 28.9. The van der Waals surface area contributed by atoms with Crippen molar-refractivity contribution in [2.45, 2.75) is 0 Å². The molecule has 0 radical (unpaired) electrons. The Labute approximate surface area is 150 Å². The largest absolute Gasteiger partial charge is 0.497 e. The lowest BCUT2D eigenvalue weighted by atomic mass is 10.1. The summed E-state index contributed by atoms with van der Waals surface area (Å²) >= 11 is 0. The van der Waals surface area contributed by atoms with Gasteiger partial charge in [-0.1, -0.05) is 18.2 Å². The van der Waals surface area contributed by atoms with Gasteiger partial charge >= 0.3 is 0 Å². The van der Waals surface area contributed by atoms with Gasteiger partial charge in [-0.25, -0.2) is 0 Å². The highest BCUT2D eigenvalue weighted by molar-refractivity contribution is 6.12. The average Bonchev–Trinajstić information content (AvgIpc) is 2.69. The molecule has 1 heterocycles. The van der Waals surface area contributed by atoms with Crippen LogP contribution in [-0.4, -0.2) is 23.9 Å². The summed E-state index contributed by atoms with van der Waals surface area (Å²) in [7, 11) is 1.58. The van der Waals surface area contributed by atoms with Crippen LogP contribution in [0.25, 0.3) is 0 Å². The van der Waals surface area contributed by atoms with Gasteiger partial charge in [0.2, 0.25) is 0 Å². The van der Waals surface area contributed by atoms with Crippen molar-refractivity contribution < 1.29 is 14.3 Å². The van der Waals surface area contributed by atoms with Crippen molar-refractivity contribution in [3.8, 4) is 5.75 Å². The van der Waals surface area contributed by atoms with E-state index in [-0.39, 0.29) is 17.5 Å². The smallest absolute Gasteiger partial charge is 0.274 e. The molecule has 0 aliphatic rings. The number of benzene rings is 2. The Morgan fingerprint density at radius 3 is 2.27 bits per heavy atom. The fraction of sp³-hybridized carbons (Fsp3) is 0.0500. The van der Waals surface area contributed by atoms with Crippen molar-refractivity contribution >= 4 is 23.2 Å². The number of methoxy groups -OCH3 is 1. The number of para-hydroxylation sites is 1. The Morgan fingerprint density at radius 1 is 0.846 bits per heavy atom. The second-order valence-electron chi connectivity index (χ2n) is 5.40. The molecular weight excluding hydrogens is 330 g/mol. The normalized spacial score (nSPS) is 10.0. The van der Waals surface area contributed by atoms with Crippen molar-refractivity contribution in [2.24, 2.45) is 0 Å². The minimum Gasteiger partial charge on any atom is -0.497 e. The van der Waals surface area contributed by atoms with Gasteiger partial charge in [0.05, 0.1) is 18.4 Å². The standard InChI is InChI=1S/C20H17N3O3/c1-26-15-11-9-14(10-12-15)22-19(24)16-6-2-3-7-17(16)23-20(25)18-8-4-5-13-21-18/h2-13H,1H3,(H,22,24)(H,23,25). The summed E-state index contributed by atoms with van der Waals surface area (Å²) in [5.74, 6) is -0.00610. The van der Waals surface area contributed by atoms with E-state index in [0.717, 1.165) is 0 Å². The van der Waals surface area contributed by atoms with E-state index in [1.807, 2.05) is 0 Å². The first kappa shape index (κ1) is 17.2. The maximum Gasteiger partial charge on any atom is 0.274 e. The number of rotatable bonds is 5. The first-order valence-corrected chi connectivity index (χ1v) is 7.94. The molecule has 6 heteroatoms. The average molecular weight is 347 g/mol. The first-order chi connectivity index (χ1) is 12.7. The molecule has 130 valence electrons.